The summed E-state index contributed by atoms with van der Waals surface area (Å²) in [5.41, 5.74) is 3.07. The maximum Gasteiger partial charge on any atom is 0.130 e. The van der Waals surface area contributed by atoms with Crippen LogP contribution in [-0.4, -0.2) is 18.1 Å². The molecule has 0 atom stereocenters. The van der Waals surface area contributed by atoms with E-state index in [2.05, 4.69) is 16.6 Å². The molecular formula is C9H12N2. The summed E-state index contributed by atoms with van der Waals surface area (Å²) in [6.45, 7) is 8.26. The van der Waals surface area contributed by atoms with E-state index in [0.29, 0.717) is 6.67 Å². The summed E-state index contributed by atoms with van der Waals surface area (Å²) in [7, 11) is 0. The molecule has 0 amide bonds. The van der Waals surface area contributed by atoms with Crippen molar-refractivity contribution in [2.75, 3.05) is 6.67 Å². The molecule has 0 saturated heterocycles. The Morgan fingerprint density at radius 3 is 2.82 bits per heavy atom. The number of hydrogen-bond donors (Lipinski definition) is 0. The fraction of sp³-hybridized carbons (Fsp3) is 0.333. The predicted octanol–water partition coefficient (Wildman–Crippen LogP) is 1.99. The van der Waals surface area contributed by atoms with Gasteiger partial charge in [-0.2, -0.15) is 0 Å². The van der Waals surface area contributed by atoms with Gasteiger partial charge in [0.15, 0.2) is 0 Å². The average molecular weight is 148 g/mol. The van der Waals surface area contributed by atoms with E-state index >= 15 is 0 Å². The quantitative estimate of drug-likeness (QED) is 0.572. The minimum absolute atomic E-state index is 0.557. The first-order chi connectivity index (χ1) is 5.29. The van der Waals surface area contributed by atoms with Crippen LogP contribution in [0.15, 0.2) is 34.3 Å². The van der Waals surface area contributed by atoms with Gasteiger partial charge in [-0.25, -0.2) is 0 Å². The van der Waals surface area contributed by atoms with E-state index in [0.717, 1.165) is 11.4 Å². The van der Waals surface area contributed by atoms with Crippen molar-refractivity contribution < 1.29 is 0 Å². The number of allylic oxidation sites excluding steroid dienone is 3. The lowest BCUT2D eigenvalue weighted by atomic mass is 10.1. The zero-order valence-electron chi connectivity index (χ0n) is 6.96. The van der Waals surface area contributed by atoms with Crippen LogP contribution in [0.4, 0.5) is 0 Å². The number of aliphatic imine (C=N–C) groups is 2. The van der Waals surface area contributed by atoms with Gasteiger partial charge in [-0.05, 0) is 25.5 Å². The van der Waals surface area contributed by atoms with Gasteiger partial charge in [-0.1, -0.05) is 12.7 Å². The van der Waals surface area contributed by atoms with Crippen LogP contribution in [0.1, 0.15) is 13.8 Å². The molecule has 11 heavy (non-hydrogen) atoms. The molecule has 2 nitrogen and oxygen atoms in total. The Bertz CT molecular complexity index is 257. The first-order valence-electron chi connectivity index (χ1n) is 3.64. The summed E-state index contributed by atoms with van der Waals surface area (Å²) in [5, 5.41) is 0. The average Bonchev–Trinajstić information content (AvgIpc) is 2.50. The van der Waals surface area contributed by atoms with Crippen molar-refractivity contribution in [3.05, 3.63) is 24.3 Å². The molecule has 0 fully saturated rings. The molecule has 0 aliphatic carbocycles. The highest BCUT2D eigenvalue weighted by Gasteiger charge is 2.10. The lowest BCUT2D eigenvalue weighted by Crippen LogP contribution is -2.08. The molecule has 0 spiro atoms. The normalized spacial score (nSPS) is 17.8. The smallest absolute Gasteiger partial charge is 0.130 e. The molecule has 0 radical (unpaired) electrons. The predicted molar refractivity (Wildman–Crippen MR) is 49.4 cm³/mol. The number of rotatable bonds is 2. The SMILES string of the molecule is C=CC1=NCN=C1/C(C)=C\C. The van der Waals surface area contributed by atoms with Gasteiger partial charge in [0.1, 0.15) is 6.67 Å². The zero-order chi connectivity index (χ0) is 8.27. The maximum atomic E-state index is 4.23. The zero-order valence-corrected chi connectivity index (χ0v) is 6.96. The summed E-state index contributed by atoms with van der Waals surface area (Å²) < 4.78 is 0. The van der Waals surface area contributed by atoms with Crippen LogP contribution < -0.4 is 0 Å². The Morgan fingerprint density at radius 2 is 2.27 bits per heavy atom. The van der Waals surface area contributed by atoms with Crippen molar-refractivity contribution in [2.45, 2.75) is 13.8 Å². The van der Waals surface area contributed by atoms with Gasteiger partial charge in [0.05, 0.1) is 11.4 Å². The minimum Gasteiger partial charge on any atom is -0.260 e. The Balaban J connectivity index is 2.90. The van der Waals surface area contributed by atoms with Crippen LogP contribution in [0.2, 0.25) is 0 Å². The first-order valence-corrected chi connectivity index (χ1v) is 3.64. The molecule has 1 heterocycles. The van der Waals surface area contributed by atoms with Gasteiger partial charge in [0.25, 0.3) is 0 Å². The first kappa shape index (κ1) is 7.92. The van der Waals surface area contributed by atoms with Gasteiger partial charge in [0.2, 0.25) is 0 Å². The third-order valence-corrected chi connectivity index (χ3v) is 1.71. The second kappa shape index (κ2) is 3.28. The number of hydrogen-bond acceptors (Lipinski definition) is 2. The third kappa shape index (κ3) is 1.45. The Hall–Kier alpha value is -1.18. The van der Waals surface area contributed by atoms with Gasteiger partial charge >= 0.3 is 0 Å². The molecule has 1 aliphatic rings. The second-order valence-corrected chi connectivity index (χ2v) is 2.37. The van der Waals surface area contributed by atoms with Gasteiger partial charge in [-0.3, -0.25) is 9.98 Å². The Kier molecular flexibility index (Phi) is 2.36. The van der Waals surface area contributed by atoms with Crippen LogP contribution in [0.5, 0.6) is 0 Å². The molecule has 0 bridgehead atoms. The summed E-state index contributed by atoms with van der Waals surface area (Å²) in [6, 6.07) is 0. The molecule has 0 aromatic carbocycles. The number of nitrogens with zero attached hydrogens (tertiary/aromatic N) is 2. The largest absolute Gasteiger partial charge is 0.260 e. The lowest BCUT2D eigenvalue weighted by Gasteiger charge is -1.98. The van der Waals surface area contributed by atoms with E-state index in [1.807, 2.05) is 19.9 Å². The summed E-state index contributed by atoms with van der Waals surface area (Å²) in [5.74, 6) is 0. The lowest BCUT2D eigenvalue weighted by molar-refractivity contribution is 1.10. The minimum atomic E-state index is 0.557. The van der Waals surface area contributed by atoms with Crippen LogP contribution in [-0.2, 0) is 0 Å². The van der Waals surface area contributed by atoms with Crippen molar-refractivity contribution in [3.63, 3.8) is 0 Å². The van der Waals surface area contributed by atoms with Crippen molar-refractivity contribution in [1.82, 2.24) is 0 Å². The molecule has 0 N–H and O–H groups in total. The van der Waals surface area contributed by atoms with Gasteiger partial charge < -0.3 is 0 Å². The van der Waals surface area contributed by atoms with E-state index in [1.165, 1.54) is 5.57 Å². The van der Waals surface area contributed by atoms with E-state index < -0.39 is 0 Å². The highest BCUT2D eigenvalue weighted by atomic mass is 15.0. The van der Waals surface area contributed by atoms with E-state index in [4.69, 9.17) is 0 Å². The van der Waals surface area contributed by atoms with Gasteiger partial charge in [0, 0.05) is 0 Å². The fourth-order valence-electron chi connectivity index (χ4n) is 0.963. The molecular weight excluding hydrogens is 136 g/mol. The molecule has 1 rings (SSSR count). The third-order valence-electron chi connectivity index (χ3n) is 1.71. The molecule has 2 heteroatoms. The van der Waals surface area contributed by atoms with Crippen LogP contribution in [0.3, 0.4) is 0 Å². The van der Waals surface area contributed by atoms with E-state index in [1.54, 1.807) is 6.08 Å². The maximum absolute atomic E-state index is 4.23. The summed E-state index contributed by atoms with van der Waals surface area (Å²) in [4.78, 5) is 8.39. The highest BCUT2D eigenvalue weighted by molar-refractivity contribution is 6.52. The molecule has 58 valence electrons. The van der Waals surface area contributed by atoms with Crippen LogP contribution >= 0.6 is 0 Å². The summed E-state index contributed by atoms with van der Waals surface area (Å²) >= 11 is 0. The molecule has 0 saturated carbocycles. The standard InChI is InChI=1S/C9H12N2/c1-4-7(3)9-8(5-2)10-6-11-9/h4-5H,2,6H2,1,3H3/b7-4-. The molecule has 0 aromatic heterocycles. The van der Waals surface area contributed by atoms with Crippen molar-refractivity contribution in [2.24, 2.45) is 9.98 Å². The molecule has 0 aromatic rings. The van der Waals surface area contributed by atoms with E-state index in [-0.39, 0.29) is 0 Å². The van der Waals surface area contributed by atoms with Crippen LogP contribution in [0.25, 0.3) is 0 Å². The second-order valence-electron chi connectivity index (χ2n) is 2.37. The van der Waals surface area contributed by atoms with Crippen molar-refractivity contribution >= 4 is 11.4 Å². The topological polar surface area (TPSA) is 24.7 Å². The fourth-order valence-corrected chi connectivity index (χ4v) is 0.963. The summed E-state index contributed by atoms with van der Waals surface area (Å²) in [6.07, 6.45) is 3.78. The van der Waals surface area contributed by atoms with Crippen molar-refractivity contribution in [3.8, 4) is 0 Å². The monoisotopic (exact) mass is 148 g/mol. The van der Waals surface area contributed by atoms with E-state index in [9.17, 15) is 0 Å². The Labute approximate surface area is 67.1 Å². The van der Waals surface area contributed by atoms with Crippen molar-refractivity contribution in [1.29, 1.82) is 0 Å². The highest BCUT2D eigenvalue weighted by Crippen LogP contribution is 2.06. The van der Waals surface area contributed by atoms with Crippen LogP contribution in [0, 0.1) is 0 Å². The molecule has 0 unspecified atom stereocenters. The molecule has 1 aliphatic heterocycles. The van der Waals surface area contributed by atoms with Gasteiger partial charge in [-0.15, -0.1) is 0 Å². The Morgan fingerprint density at radius 1 is 1.55 bits per heavy atom.